The Labute approximate surface area is 155 Å². The Morgan fingerprint density at radius 2 is 1.89 bits per heavy atom. The molecule has 0 saturated carbocycles. The molecule has 2 aromatic carbocycles. The van der Waals surface area contributed by atoms with E-state index in [4.69, 9.17) is 9.15 Å². The first-order chi connectivity index (χ1) is 12.9. The van der Waals surface area contributed by atoms with Crippen molar-refractivity contribution in [3.8, 4) is 17.2 Å². The van der Waals surface area contributed by atoms with Crippen LogP contribution in [0.25, 0.3) is 11.5 Å². The number of halogens is 2. The predicted molar refractivity (Wildman–Crippen MR) is 95.4 cm³/mol. The molecule has 27 heavy (non-hydrogen) atoms. The second-order valence-electron chi connectivity index (χ2n) is 6.11. The number of benzene rings is 2. The van der Waals surface area contributed by atoms with Gasteiger partial charge in [0.2, 0.25) is 5.89 Å². The number of aryl methyl sites for hydroxylation is 1. The minimum absolute atomic E-state index is 0.0178. The molecule has 3 aromatic rings. The quantitative estimate of drug-likeness (QED) is 0.673. The molecule has 0 spiro atoms. The van der Waals surface area contributed by atoms with Gasteiger partial charge >= 0.3 is 0 Å². The Morgan fingerprint density at radius 3 is 2.63 bits per heavy atom. The monoisotopic (exact) mass is 372 g/mol. The van der Waals surface area contributed by atoms with Crippen molar-refractivity contribution in [1.82, 2.24) is 9.88 Å². The summed E-state index contributed by atoms with van der Waals surface area (Å²) in [6.45, 7) is 1.67. The van der Waals surface area contributed by atoms with E-state index in [1.165, 1.54) is 17.0 Å². The van der Waals surface area contributed by atoms with E-state index in [1.807, 2.05) is 0 Å². The van der Waals surface area contributed by atoms with Crippen molar-refractivity contribution in [2.24, 2.45) is 0 Å². The zero-order chi connectivity index (χ0) is 19.6. The third-order valence-corrected chi connectivity index (χ3v) is 3.96. The van der Waals surface area contributed by atoms with Gasteiger partial charge in [-0.3, -0.25) is 4.79 Å². The van der Waals surface area contributed by atoms with Crippen molar-refractivity contribution < 1.29 is 22.7 Å². The van der Waals surface area contributed by atoms with Crippen molar-refractivity contribution in [3.63, 3.8) is 0 Å². The normalized spacial score (nSPS) is 10.7. The first kappa shape index (κ1) is 18.6. The van der Waals surface area contributed by atoms with Crippen LogP contribution in [0.5, 0.6) is 5.75 Å². The third-order valence-electron chi connectivity index (χ3n) is 3.96. The van der Waals surface area contributed by atoms with E-state index >= 15 is 0 Å². The van der Waals surface area contributed by atoms with Crippen LogP contribution in [0, 0.1) is 18.6 Å². The molecule has 0 N–H and O–H groups in total. The highest BCUT2D eigenvalue weighted by molar-refractivity contribution is 5.96. The number of ether oxygens (including phenoxy) is 1. The first-order valence-electron chi connectivity index (χ1n) is 8.22. The second-order valence-corrected chi connectivity index (χ2v) is 6.11. The first-order valence-corrected chi connectivity index (χ1v) is 8.22. The standard InChI is InChI=1S/C20H18F2N2O3/c1-12-16(23-19(27-12)14-8-6-9-15(21)18(14)22)11-26-17-10-5-4-7-13(17)20(25)24(2)3/h4-10H,11H2,1-3H3. The summed E-state index contributed by atoms with van der Waals surface area (Å²) in [5.74, 6) is -1.39. The summed E-state index contributed by atoms with van der Waals surface area (Å²) in [6.07, 6.45) is 0. The number of aromatic nitrogens is 1. The van der Waals surface area contributed by atoms with E-state index < -0.39 is 11.6 Å². The average molecular weight is 372 g/mol. The fraction of sp³-hybridized carbons (Fsp3) is 0.200. The lowest BCUT2D eigenvalue weighted by Crippen LogP contribution is -2.22. The number of rotatable bonds is 5. The number of carbonyl (C=O) groups excluding carboxylic acids is 1. The van der Waals surface area contributed by atoms with Gasteiger partial charge in [0.05, 0.1) is 11.1 Å². The van der Waals surface area contributed by atoms with Crippen LogP contribution in [-0.4, -0.2) is 29.9 Å². The van der Waals surface area contributed by atoms with E-state index in [1.54, 1.807) is 45.3 Å². The fourth-order valence-electron chi connectivity index (χ4n) is 2.50. The van der Waals surface area contributed by atoms with E-state index in [9.17, 15) is 13.6 Å². The van der Waals surface area contributed by atoms with E-state index in [0.29, 0.717) is 22.8 Å². The summed E-state index contributed by atoms with van der Waals surface area (Å²) in [5.41, 5.74) is 0.786. The Morgan fingerprint density at radius 1 is 1.15 bits per heavy atom. The number of hydrogen-bond acceptors (Lipinski definition) is 4. The molecule has 0 radical (unpaired) electrons. The molecule has 0 aliphatic heterocycles. The van der Waals surface area contributed by atoms with Crippen molar-refractivity contribution >= 4 is 5.91 Å². The average Bonchev–Trinajstić information content (AvgIpc) is 3.02. The van der Waals surface area contributed by atoms with Gasteiger partial charge in [0.25, 0.3) is 5.91 Å². The Kier molecular flexibility index (Phi) is 5.21. The molecule has 3 rings (SSSR count). The highest BCUT2D eigenvalue weighted by Crippen LogP contribution is 2.27. The summed E-state index contributed by atoms with van der Waals surface area (Å²) in [5, 5.41) is 0. The Bertz CT molecular complexity index is 983. The molecule has 0 saturated heterocycles. The second kappa shape index (κ2) is 7.57. The fourth-order valence-corrected chi connectivity index (χ4v) is 2.50. The van der Waals surface area contributed by atoms with E-state index in [2.05, 4.69) is 4.98 Å². The maximum atomic E-state index is 13.9. The van der Waals surface area contributed by atoms with Gasteiger partial charge in [-0.15, -0.1) is 0 Å². The predicted octanol–water partition coefficient (Wildman–Crippen LogP) is 4.21. The molecule has 0 fully saturated rings. The van der Waals surface area contributed by atoms with Gasteiger partial charge in [0, 0.05) is 14.1 Å². The molecule has 7 heteroatoms. The topological polar surface area (TPSA) is 55.6 Å². The van der Waals surface area contributed by atoms with E-state index in [-0.39, 0.29) is 24.0 Å². The highest BCUT2D eigenvalue weighted by Gasteiger charge is 2.19. The van der Waals surface area contributed by atoms with Crippen molar-refractivity contribution in [2.75, 3.05) is 14.1 Å². The number of para-hydroxylation sites is 1. The number of hydrogen-bond donors (Lipinski definition) is 0. The van der Waals surface area contributed by atoms with Crippen LogP contribution in [0.2, 0.25) is 0 Å². The van der Waals surface area contributed by atoms with Gasteiger partial charge in [-0.25, -0.2) is 13.8 Å². The molecule has 0 aliphatic carbocycles. The summed E-state index contributed by atoms with van der Waals surface area (Å²) in [6, 6.07) is 10.6. The lowest BCUT2D eigenvalue weighted by atomic mass is 10.2. The van der Waals surface area contributed by atoms with Crippen LogP contribution in [0.1, 0.15) is 21.8 Å². The van der Waals surface area contributed by atoms with Crippen LogP contribution < -0.4 is 4.74 Å². The lowest BCUT2D eigenvalue weighted by molar-refractivity contribution is 0.0822. The van der Waals surface area contributed by atoms with Crippen LogP contribution in [-0.2, 0) is 6.61 Å². The Balaban J connectivity index is 1.84. The minimum Gasteiger partial charge on any atom is -0.486 e. The lowest BCUT2D eigenvalue weighted by Gasteiger charge is -2.14. The van der Waals surface area contributed by atoms with Gasteiger partial charge in [-0.05, 0) is 31.2 Å². The molecular formula is C20H18F2N2O3. The van der Waals surface area contributed by atoms with Crippen molar-refractivity contribution in [3.05, 3.63) is 71.1 Å². The molecule has 1 heterocycles. The molecule has 1 aromatic heterocycles. The summed E-state index contributed by atoms with van der Waals surface area (Å²) >= 11 is 0. The molecule has 0 aliphatic rings. The summed E-state index contributed by atoms with van der Waals surface area (Å²) in [4.78, 5) is 17.9. The van der Waals surface area contributed by atoms with Crippen LogP contribution >= 0.6 is 0 Å². The molecule has 1 amide bonds. The Hall–Kier alpha value is -3.22. The highest BCUT2D eigenvalue weighted by atomic mass is 19.2. The van der Waals surface area contributed by atoms with Gasteiger partial charge in [0.15, 0.2) is 11.6 Å². The van der Waals surface area contributed by atoms with Gasteiger partial charge in [-0.2, -0.15) is 0 Å². The smallest absolute Gasteiger partial charge is 0.257 e. The summed E-state index contributed by atoms with van der Waals surface area (Å²) < 4.78 is 38.6. The van der Waals surface area contributed by atoms with Crippen molar-refractivity contribution in [1.29, 1.82) is 0 Å². The molecule has 0 unspecified atom stereocenters. The van der Waals surface area contributed by atoms with Gasteiger partial charge in [-0.1, -0.05) is 18.2 Å². The third kappa shape index (κ3) is 3.81. The molecule has 5 nitrogen and oxygen atoms in total. The SMILES string of the molecule is Cc1oc(-c2cccc(F)c2F)nc1COc1ccccc1C(=O)N(C)C. The molecule has 140 valence electrons. The van der Waals surface area contributed by atoms with Gasteiger partial charge in [0.1, 0.15) is 23.8 Å². The molecule has 0 bridgehead atoms. The number of amides is 1. The maximum Gasteiger partial charge on any atom is 0.257 e. The van der Waals surface area contributed by atoms with Crippen LogP contribution in [0.4, 0.5) is 8.78 Å². The van der Waals surface area contributed by atoms with E-state index in [0.717, 1.165) is 6.07 Å². The maximum absolute atomic E-state index is 13.9. The zero-order valence-electron chi connectivity index (χ0n) is 15.1. The largest absolute Gasteiger partial charge is 0.486 e. The molecule has 0 atom stereocenters. The number of oxazole rings is 1. The van der Waals surface area contributed by atoms with Crippen molar-refractivity contribution in [2.45, 2.75) is 13.5 Å². The van der Waals surface area contributed by atoms with Crippen LogP contribution in [0.15, 0.2) is 46.9 Å². The number of carbonyl (C=O) groups is 1. The molecular weight excluding hydrogens is 354 g/mol. The van der Waals surface area contributed by atoms with Gasteiger partial charge < -0.3 is 14.1 Å². The van der Waals surface area contributed by atoms with Crippen LogP contribution in [0.3, 0.4) is 0 Å². The zero-order valence-corrected chi connectivity index (χ0v) is 15.1. The number of nitrogens with zero attached hydrogens (tertiary/aromatic N) is 2. The summed E-state index contributed by atoms with van der Waals surface area (Å²) in [7, 11) is 3.31. The minimum atomic E-state index is -1.02.